The van der Waals surface area contributed by atoms with Crippen molar-refractivity contribution >= 4 is 28.9 Å². The summed E-state index contributed by atoms with van der Waals surface area (Å²) < 4.78 is 0. The Morgan fingerprint density at radius 3 is 2.70 bits per heavy atom. The van der Waals surface area contributed by atoms with E-state index in [1.54, 1.807) is 6.92 Å². The van der Waals surface area contributed by atoms with Gasteiger partial charge in [0, 0.05) is 12.1 Å². The lowest BCUT2D eigenvalue weighted by atomic mass is 9.92. The molecule has 1 saturated heterocycles. The van der Waals surface area contributed by atoms with Crippen LogP contribution in [0.4, 0.5) is 11.4 Å². The molecule has 8 heteroatoms. The van der Waals surface area contributed by atoms with E-state index in [2.05, 4.69) is 5.32 Å². The summed E-state index contributed by atoms with van der Waals surface area (Å²) in [5.74, 6) is 0.0784. The van der Waals surface area contributed by atoms with Crippen molar-refractivity contribution in [3.63, 3.8) is 0 Å². The molecule has 2 N–H and O–H groups in total. The van der Waals surface area contributed by atoms with Crippen molar-refractivity contribution in [1.82, 2.24) is 4.90 Å². The highest BCUT2D eigenvalue weighted by molar-refractivity contribution is 6.34. The zero-order chi connectivity index (χ0) is 17.0. The number of nitro benzene ring substituents is 1. The highest BCUT2D eigenvalue weighted by atomic mass is 35.5. The first kappa shape index (κ1) is 17.7. The van der Waals surface area contributed by atoms with E-state index in [1.165, 1.54) is 18.2 Å². The molecule has 0 aliphatic carbocycles. The first-order chi connectivity index (χ1) is 10.9. The van der Waals surface area contributed by atoms with Gasteiger partial charge in [0.2, 0.25) is 5.91 Å². The molecule has 0 saturated carbocycles. The number of nitrogens with one attached hydrogen (secondary N) is 1. The van der Waals surface area contributed by atoms with E-state index >= 15 is 0 Å². The van der Waals surface area contributed by atoms with E-state index in [-0.39, 0.29) is 29.3 Å². The van der Waals surface area contributed by atoms with Gasteiger partial charge in [-0.2, -0.15) is 0 Å². The quantitative estimate of drug-likeness (QED) is 0.632. The fourth-order valence-corrected chi connectivity index (χ4v) is 2.93. The maximum atomic E-state index is 12.1. The first-order valence-electron chi connectivity index (χ1n) is 7.51. The molecule has 2 rings (SSSR count). The Labute approximate surface area is 139 Å². The van der Waals surface area contributed by atoms with Gasteiger partial charge < -0.3 is 10.4 Å². The Bertz CT molecular complexity index is 586. The molecule has 1 aromatic rings. The van der Waals surface area contributed by atoms with Crippen LogP contribution in [0.1, 0.15) is 19.8 Å². The number of carbonyl (C=O) groups is 1. The summed E-state index contributed by atoms with van der Waals surface area (Å²) in [5.41, 5.74) is 0.245. The van der Waals surface area contributed by atoms with E-state index in [0.29, 0.717) is 11.6 Å². The van der Waals surface area contributed by atoms with E-state index in [9.17, 15) is 20.0 Å². The van der Waals surface area contributed by atoms with Crippen LogP contribution in [-0.2, 0) is 4.79 Å². The number of aliphatic hydroxyl groups is 1. The zero-order valence-corrected chi connectivity index (χ0v) is 13.6. The SMILES string of the molecule is CC(O)C1CCN(CC(=O)Nc2ccc([N+](=O)[O-])cc2Cl)CC1. The minimum atomic E-state index is -0.538. The molecule has 7 nitrogen and oxygen atoms in total. The number of nitrogens with zero attached hydrogens (tertiary/aromatic N) is 2. The molecule has 0 radical (unpaired) electrons. The van der Waals surface area contributed by atoms with Crippen LogP contribution in [0.2, 0.25) is 5.02 Å². The number of piperidine rings is 1. The number of hydrogen-bond donors (Lipinski definition) is 2. The molecule has 1 unspecified atom stereocenters. The molecule has 1 atom stereocenters. The van der Waals surface area contributed by atoms with E-state index in [4.69, 9.17) is 11.6 Å². The van der Waals surface area contributed by atoms with Gasteiger partial charge in [0.05, 0.1) is 28.3 Å². The highest BCUT2D eigenvalue weighted by Gasteiger charge is 2.24. The minimum Gasteiger partial charge on any atom is -0.393 e. The number of non-ortho nitro benzene ring substituents is 1. The number of aliphatic hydroxyl groups excluding tert-OH is 1. The number of likely N-dealkylation sites (tertiary alicyclic amines) is 1. The number of hydrogen-bond acceptors (Lipinski definition) is 5. The third kappa shape index (κ3) is 4.89. The monoisotopic (exact) mass is 341 g/mol. The van der Waals surface area contributed by atoms with Crippen molar-refractivity contribution in [2.75, 3.05) is 25.0 Å². The lowest BCUT2D eigenvalue weighted by molar-refractivity contribution is -0.384. The summed E-state index contributed by atoms with van der Waals surface area (Å²) in [7, 11) is 0. The molecule has 1 aromatic carbocycles. The fraction of sp³-hybridized carbons (Fsp3) is 0.533. The predicted molar refractivity (Wildman–Crippen MR) is 87.6 cm³/mol. The molecule has 1 heterocycles. The van der Waals surface area contributed by atoms with Crippen molar-refractivity contribution in [2.24, 2.45) is 5.92 Å². The number of nitro groups is 1. The Morgan fingerprint density at radius 1 is 1.52 bits per heavy atom. The topological polar surface area (TPSA) is 95.7 Å². The summed E-state index contributed by atoms with van der Waals surface area (Å²) >= 11 is 5.95. The van der Waals surface area contributed by atoms with Gasteiger partial charge in [-0.3, -0.25) is 19.8 Å². The normalized spacial score (nSPS) is 17.7. The van der Waals surface area contributed by atoms with Crippen LogP contribution in [0.25, 0.3) is 0 Å². The Hall–Kier alpha value is -1.70. The van der Waals surface area contributed by atoms with Gasteiger partial charge in [-0.25, -0.2) is 0 Å². The average Bonchev–Trinajstić information content (AvgIpc) is 2.49. The van der Waals surface area contributed by atoms with Gasteiger partial charge in [0.15, 0.2) is 0 Å². The van der Waals surface area contributed by atoms with Crippen molar-refractivity contribution in [3.05, 3.63) is 33.3 Å². The largest absolute Gasteiger partial charge is 0.393 e. The zero-order valence-electron chi connectivity index (χ0n) is 12.9. The smallest absolute Gasteiger partial charge is 0.271 e. The second-order valence-corrected chi connectivity index (χ2v) is 6.23. The van der Waals surface area contributed by atoms with E-state index in [0.717, 1.165) is 25.9 Å². The molecule has 23 heavy (non-hydrogen) atoms. The lowest BCUT2D eigenvalue weighted by Gasteiger charge is -2.32. The van der Waals surface area contributed by atoms with E-state index in [1.807, 2.05) is 4.90 Å². The fourth-order valence-electron chi connectivity index (χ4n) is 2.71. The molecule has 1 amide bonds. The number of carbonyl (C=O) groups excluding carboxylic acids is 1. The lowest BCUT2D eigenvalue weighted by Crippen LogP contribution is -2.41. The maximum absolute atomic E-state index is 12.1. The molecule has 1 fully saturated rings. The van der Waals surface area contributed by atoms with Gasteiger partial charge in [-0.05, 0) is 44.8 Å². The van der Waals surface area contributed by atoms with Crippen molar-refractivity contribution < 1.29 is 14.8 Å². The van der Waals surface area contributed by atoms with Crippen LogP contribution in [-0.4, -0.2) is 46.6 Å². The predicted octanol–water partition coefficient (Wildman–Crippen LogP) is 2.28. The van der Waals surface area contributed by atoms with Crippen LogP contribution >= 0.6 is 11.6 Å². The number of benzene rings is 1. The summed E-state index contributed by atoms with van der Waals surface area (Å²) in [6.45, 7) is 3.55. The third-order valence-electron chi connectivity index (χ3n) is 4.12. The molecule has 0 aromatic heterocycles. The number of amides is 1. The van der Waals surface area contributed by atoms with Crippen LogP contribution < -0.4 is 5.32 Å². The molecule has 0 bridgehead atoms. The second-order valence-electron chi connectivity index (χ2n) is 5.82. The van der Waals surface area contributed by atoms with Gasteiger partial charge in [0.1, 0.15) is 0 Å². The van der Waals surface area contributed by atoms with Crippen LogP contribution in [0.5, 0.6) is 0 Å². The van der Waals surface area contributed by atoms with Crippen LogP contribution in [0.15, 0.2) is 18.2 Å². The molecular weight excluding hydrogens is 322 g/mol. The third-order valence-corrected chi connectivity index (χ3v) is 4.43. The van der Waals surface area contributed by atoms with Gasteiger partial charge in [-0.1, -0.05) is 11.6 Å². The summed E-state index contributed by atoms with van der Waals surface area (Å²) in [6, 6.07) is 3.94. The van der Waals surface area contributed by atoms with E-state index < -0.39 is 4.92 Å². The molecular formula is C15H20ClN3O4. The van der Waals surface area contributed by atoms with Gasteiger partial charge in [-0.15, -0.1) is 0 Å². The maximum Gasteiger partial charge on any atom is 0.271 e. The minimum absolute atomic E-state index is 0.117. The van der Waals surface area contributed by atoms with Crippen LogP contribution in [0, 0.1) is 16.0 Å². The summed E-state index contributed by atoms with van der Waals surface area (Å²) in [6.07, 6.45) is 1.41. The average molecular weight is 342 g/mol. The summed E-state index contributed by atoms with van der Waals surface area (Å²) in [4.78, 5) is 24.2. The standard InChI is InChI=1S/C15H20ClN3O4/c1-10(20)11-4-6-18(7-5-11)9-15(21)17-14-3-2-12(19(22)23)8-13(14)16/h2-3,8,10-11,20H,4-7,9H2,1H3,(H,17,21). The highest BCUT2D eigenvalue weighted by Crippen LogP contribution is 2.26. The Balaban J connectivity index is 1.87. The molecule has 1 aliphatic heterocycles. The van der Waals surface area contributed by atoms with Crippen LogP contribution in [0.3, 0.4) is 0 Å². The molecule has 126 valence electrons. The first-order valence-corrected chi connectivity index (χ1v) is 7.89. The van der Waals surface area contributed by atoms with Gasteiger partial charge in [0.25, 0.3) is 5.69 Å². The van der Waals surface area contributed by atoms with Crippen molar-refractivity contribution in [2.45, 2.75) is 25.9 Å². The summed E-state index contributed by atoms with van der Waals surface area (Å²) in [5, 5.41) is 23.0. The second kappa shape index (κ2) is 7.72. The number of halogens is 1. The number of anilines is 1. The molecule has 0 spiro atoms. The Kier molecular flexibility index (Phi) is 5.92. The van der Waals surface area contributed by atoms with Gasteiger partial charge >= 0.3 is 0 Å². The van der Waals surface area contributed by atoms with Crippen molar-refractivity contribution in [3.8, 4) is 0 Å². The number of rotatable bonds is 5. The Morgan fingerprint density at radius 2 is 2.17 bits per heavy atom. The van der Waals surface area contributed by atoms with Crippen molar-refractivity contribution in [1.29, 1.82) is 0 Å². The molecule has 1 aliphatic rings.